The molecule has 2 rings (SSSR count). The van der Waals surface area contributed by atoms with Crippen LogP contribution in [0.4, 0.5) is 0 Å². The van der Waals surface area contributed by atoms with Gasteiger partial charge in [-0.2, -0.15) is 0 Å². The second kappa shape index (κ2) is 9.09. The van der Waals surface area contributed by atoms with Gasteiger partial charge in [0.25, 0.3) is 0 Å². The smallest absolute Gasteiger partial charge is 0.306 e. The third kappa shape index (κ3) is 5.35. The van der Waals surface area contributed by atoms with Crippen molar-refractivity contribution >= 4 is 5.97 Å². The summed E-state index contributed by atoms with van der Waals surface area (Å²) in [4.78, 5) is 12.0. The summed E-state index contributed by atoms with van der Waals surface area (Å²) in [5.74, 6) is 1.35. The van der Waals surface area contributed by atoms with Crippen LogP contribution in [0.15, 0.2) is 11.6 Å². The molecule has 4 nitrogen and oxygen atoms in total. The van der Waals surface area contributed by atoms with Gasteiger partial charge in [0.2, 0.25) is 0 Å². The Balaban J connectivity index is 1.94. The van der Waals surface area contributed by atoms with Crippen LogP contribution in [0.25, 0.3) is 0 Å². The number of carbonyl (C=O) groups excluding carboxylic acids is 1. The van der Waals surface area contributed by atoms with Gasteiger partial charge in [0, 0.05) is 6.42 Å². The van der Waals surface area contributed by atoms with Crippen LogP contribution in [0, 0.1) is 28.6 Å². The van der Waals surface area contributed by atoms with Crippen LogP contribution in [-0.4, -0.2) is 35.5 Å². The minimum absolute atomic E-state index is 0.125. The summed E-state index contributed by atoms with van der Waals surface area (Å²) in [6.45, 7) is 11.3. The maximum Gasteiger partial charge on any atom is 0.306 e. The van der Waals surface area contributed by atoms with E-state index in [1.54, 1.807) is 5.57 Å². The Bertz CT molecular complexity index is 538. The molecule has 0 aromatic carbocycles. The molecule has 0 bridgehead atoms. The number of fused-ring (bicyclic) bond motifs is 1. The highest BCUT2D eigenvalue weighted by atomic mass is 16.5. The first-order chi connectivity index (χ1) is 12.6. The zero-order valence-electron chi connectivity index (χ0n) is 18.0. The monoisotopic (exact) mass is 380 g/mol. The van der Waals surface area contributed by atoms with Gasteiger partial charge in [0.05, 0.1) is 6.61 Å². The van der Waals surface area contributed by atoms with Crippen LogP contribution in [0.2, 0.25) is 0 Å². The van der Waals surface area contributed by atoms with E-state index in [9.17, 15) is 9.90 Å². The van der Waals surface area contributed by atoms with E-state index < -0.39 is 6.10 Å². The first kappa shape index (κ1) is 22.4. The topological polar surface area (TPSA) is 66.8 Å². The molecule has 5 atom stereocenters. The first-order valence-corrected chi connectivity index (χ1v) is 10.7. The van der Waals surface area contributed by atoms with Crippen LogP contribution in [-0.2, 0) is 9.53 Å². The molecule has 0 radical (unpaired) electrons. The average molecular weight is 381 g/mol. The van der Waals surface area contributed by atoms with Crippen LogP contribution >= 0.6 is 0 Å². The van der Waals surface area contributed by atoms with Gasteiger partial charge in [-0.3, -0.25) is 4.79 Å². The van der Waals surface area contributed by atoms with Crippen LogP contribution in [0.1, 0.15) is 79.6 Å². The Morgan fingerprint density at radius 1 is 1.33 bits per heavy atom. The van der Waals surface area contributed by atoms with Crippen molar-refractivity contribution in [3.05, 3.63) is 11.6 Å². The third-order valence-electron chi connectivity index (χ3n) is 7.43. The highest BCUT2D eigenvalue weighted by molar-refractivity contribution is 5.69. The van der Waals surface area contributed by atoms with Crippen LogP contribution < -0.4 is 0 Å². The fourth-order valence-corrected chi connectivity index (χ4v) is 5.16. The molecule has 0 spiro atoms. The van der Waals surface area contributed by atoms with Crippen molar-refractivity contribution in [3.63, 3.8) is 0 Å². The number of carbonyl (C=O) groups is 1. The van der Waals surface area contributed by atoms with Crippen molar-refractivity contribution in [1.29, 1.82) is 0 Å². The second-order valence-electron chi connectivity index (χ2n) is 10.0. The van der Waals surface area contributed by atoms with E-state index in [0.29, 0.717) is 23.7 Å². The van der Waals surface area contributed by atoms with Crippen LogP contribution in [0.3, 0.4) is 0 Å². The fourth-order valence-electron chi connectivity index (χ4n) is 5.16. The molecular weight excluding hydrogens is 340 g/mol. The molecule has 1 saturated carbocycles. The van der Waals surface area contributed by atoms with Crippen molar-refractivity contribution in [2.45, 2.75) is 85.7 Å². The third-order valence-corrected chi connectivity index (χ3v) is 7.43. The number of esters is 1. The first-order valence-electron chi connectivity index (χ1n) is 10.7. The van der Waals surface area contributed by atoms with Gasteiger partial charge >= 0.3 is 5.97 Å². The standard InChI is InChI=1S/C23H40O4/c1-16(13-21(26)27-15-18(25)14-24)10-12-23(5)17(2)8-9-19-20(23)7-6-11-22(19,3)4/h7,16-19,24-25H,6,8-15H2,1-5H3/t16?,17-,18?,19-,23-/m0/s1. The number of hydrogen-bond acceptors (Lipinski definition) is 4. The molecule has 1 fully saturated rings. The van der Waals surface area contributed by atoms with E-state index in [1.165, 1.54) is 25.7 Å². The van der Waals surface area contributed by atoms with E-state index >= 15 is 0 Å². The molecule has 156 valence electrons. The molecule has 0 aliphatic heterocycles. The molecule has 2 aliphatic rings. The van der Waals surface area contributed by atoms with Gasteiger partial charge in [-0.15, -0.1) is 0 Å². The van der Waals surface area contributed by atoms with Gasteiger partial charge in [-0.1, -0.05) is 46.3 Å². The fraction of sp³-hybridized carbons (Fsp3) is 0.870. The Kier molecular flexibility index (Phi) is 7.54. The molecule has 2 unspecified atom stereocenters. The number of rotatable bonds is 8. The summed E-state index contributed by atoms with van der Waals surface area (Å²) in [5.41, 5.74) is 2.30. The van der Waals surface area contributed by atoms with Crippen molar-refractivity contribution in [3.8, 4) is 0 Å². The summed E-state index contributed by atoms with van der Waals surface area (Å²) in [6, 6.07) is 0. The number of ether oxygens (including phenoxy) is 1. The Morgan fingerprint density at radius 3 is 2.70 bits per heavy atom. The van der Waals surface area contributed by atoms with Gasteiger partial charge in [-0.05, 0) is 67.1 Å². The SMILES string of the molecule is CC(CC[C@]1(C)C2=CCCC(C)(C)[C@H]2CC[C@@H]1C)CC(=O)OCC(O)CO. The summed E-state index contributed by atoms with van der Waals surface area (Å²) < 4.78 is 5.06. The van der Waals surface area contributed by atoms with Gasteiger partial charge < -0.3 is 14.9 Å². The molecule has 4 heteroatoms. The normalized spacial score (nSPS) is 32.2. The lowest BCUT2D eigenvalue weighted by Gasteiger charge is -2.53. The lowest BCUT2D eigenvalue weighted by atomic mass is 9.52. The van der Waals surface area contributed by atoms with Crippen molar-refractivity contribution in [2.75, 3.05) is 13.2 Å². The minimum Gasteiger partial charge on any atom is -0.463 e. The maximum absolute atomic E-state index is 12.0. The van der Waals surface area contributed by atoms with E-state index in [0.717, 1.165) is 12.8 Å². The Labute approximate surface area is 165 Å². The van der Waals surface area contributed by atoms with Gasteiger partial charge in [0.1, 0.15) is 12.7 Å². The lowest BCUT2D eigenvalue weighted by Crippen LogP contribution is -2.43. The average Bonchev–Trinajstić information content (AvgIpc) is 2.61. The number of hydrogen-bond donors (Lipinski definition) is 2. The molecule has 2 N–H and O–H groups in total. The molecule has 0 aromatic rings. The second-order valence-corrected chi connectivity index (χ2v) is 10.0. The minimum atomic E-state index is -0.982. The summed E-state index contributed by atoms with van der Waals surface area (Å²) >= 11 is 0. The molecule has 0 heterocycles. The molecule has 0 saturated heterocycles. The maximum atomic E-state index is 12.0. The van der Waals surface area contributed by atoms with Crippen molar-refractivity contribution in [1.82, 2.24) is 0 Å². The molecule has 0 aromatic heterocycles. The van der Waals surface area contributed by atoms with E-state index in [-0.39, 0.29) is 30.5 Å². The van der Waals surface area contributed by atoms with Crippen molar-refractivity contribution in [2.24, 2.45) is 28.6 Å². The molecule has 27 heavy (non-hydrogen) atoms. The van der Waals surface area contributed by atoms with Gasteiger partial charge in [0.15, 0.2) is 0 Å². The predicted octanol–water partition coefficient (Wildman–Crippen LogP) is 4.49. The highest BCUT2D eigenvalue weighted by Gasteiger charge is 2.47. The van der Waals surface area contributed by atoms with E-state index in [1.807, 2.05) is 0 Å². The van der Waals surface area contributed by atoms with Gasteiger partial charge in [-0.25, -0.2) is 0 Å². The van der Waals surface area contributed by atoms with Crippen molar-refractivity contribution < 1.29 is 19.7 Å². The molecule has 2 aliphatic carbocycles. The van der Waals surface area contributed by atoms with E-state index in [2.05, 4.69) is 40.7 Å². The zero-order chi connectivity index (χ0) is 20.2. The quantitative estimate of drug-likeness (QED) is 0.481. The van der Waals surface area contributed by atoms with E-state index in [4.69, 9.17) is 9.84 Å². The predicted molar refractivity (Wildman–Crippen MR) is 108 cm³/mol. The van der Waals surface area contributed by atoms with Crippen LogP contribution in [0.5, 0.6) is 0 Å². The zero-order valence-corrected chi connectivity index (χ0v) is 18.0. The summed E-state index contributed by atoms with van der Waals surface area (Å²) in [5, 5.41) is 18.1. The molecule has 0 amide bonds. The highest BCUT2D eigenvalue weighted by Crippen LogP contribution is 2.58. The Morgan fingerprint density at radius 2 is 2.04 bits per heavy atom. The lowest BCUT2D eigenvalue weighted by molar-refractivity contribution is -0.148. The number of aliphatic hydroxyl groups is 2. The number of aliphatic hydroxyl groups excluding tert-OH is 2. The summed E-state index contributed by atoms with van der Waals surface area (Å²) in [7, 11) is 0. The Hall–Kier alpha value is -0.870. The molecular formula is C23H40O4. The number of allylic oxidation sites excluding steroid dienone is 2. The summed E-state index contributed by atoms with van der Waals surface area (Å²) in [6.07, 6.45) is 9.11. The largest absolute Gasteiger partial charge is 0.463 e.